The van der Waals surface area contributed by atoms with Crippen molar-refractivity contribution in [2.75, 3.05) is 13.6 Å². The predicted molar refractivity (Wildman–Crippen MR) is 133 cm³/mol. The fourth-order valence-corrected chi connectivity index (χ4v) is 5.58. The lowest BCUT2D eigenvalue weighted by Crippen LogP contribution is -2.41. The molecule has 0 spiro atoms. The van der Waals surface area contributed by atoms with Crippen LogP contribution in [0, 0.1) is 18.6 Å². The lowest BCUT2D eigenvalue weighted by atomic mass is 9.93. The number of aromatic nitrogens is 2. The molecule has 2 heterocycles. The number of halogens is 5. The van der Waals surface area contributed by atoms with E-state index in [1.54, 1.807) is 7.05 Å². The number of nitrogens with one attached hydrogen (secondary N) is 1. The molecule has 0 radical (unpaired) electrons. The Labute approximate surface area is 218 Å². The van der Waals surface area contributed by atoms with Crippen LogP contribution in [0.5, 0.6) is 0 Å². The second-order valence-electron chi connectivity index (χ2n) is 9.52. The fraction of sp³-hybridized carbons (Fsp3) is 0.429. The van der Waals surface area contributed by atoms with E-state index in [0.717, 1.165) is 47.5 Å². The lowest BCUT2D eigenvalue weighted by Gasteiger charge is -2.37. The Kier molecular flexibility index (Phi) is 8.20. The van der Waals surface area contributed by atoms with Crippen LogP contribution in [0.15, 0.2) is 42.5 Å². The zero-order valence-corrected chi connectivity index (χ0v) is 21.6. The first-order chi connectivity index (χ1) is 18.1. The maximum absolute atomic E-state index is 14.3. The van der Waals surface area contributed by atoms with Gasteiger partial charge in [-0.2, -0.15) is 18.3 Å². The molecule has 1 aliphatic heterocycles. The molecule has 0 fully saturated rings. The summed E-state index contributed by atoms with van der Waals surface area (Å²) in [6.07, 6.45) is -3.18. The Morgan fingerprint density at radius 1 is 1.16 bits per heavy atom. The molecule has 0 bridgehead atoms. The van der Waals surface area contributed by atoms with Crippen LogP contribution in [0.25, 0.3) is 0 Å². The molecule has 5 nitrogen and oxygen atoms in total. The van der Waals surface area contributed by atoms with E-state index in [2.05, 4.69) is 10.2 Å². The highest BCUT2D eigenvalue weighted by Gasteiger charge is 2.39. The monoisotopic (exact) mass is 534 g/mol. The molecule has 38 heavy (non-hydrogen) atoms. The molecule has 1 aliphatic rings. The number of carbonyl (C=O) groups is 1. The molecule has 1 amide bonds. The van der Waals surface area contributed by atoms with Crippen molar-refractivity contribution in [3.8, 4) is 0 Å². The van der Waals surface area contributed by atoms with Crippen LogP contribution < -0.4 is 5.32 Å². The van der Waals surface area contributed by atoms with Gasteiger partial charge in [0.15, 0.2) is 0 Å². The van der Waals surface area contributed by atoms with Gasteiger partial charge in [0.2, 0.25) is 5.91 Å². The molecule has 1 aromatic heterocycles. The molecule has 0 aliphatic carbocycles. The highest BCUT2D eigenvalue weighted by Crippen LogP contribution is 2.40. The van der Waals surface area contributed by atoms with Crippen molar-refractivity contribution < 1.29 is 26.7 Å². The van der Waals surface area contributed by atoms with E-state index in [4.69, 9.17) is 5.10 Å². The van der Waals surface area contributed by atoms with Crippen molar-refractivity contribution in [1.29, 1.82) is 0 Å². The summed E-state index contributed by atoms with van der Waals surface area (Å²) in [7, 11) is 1.57. The van der Waals surface area contributed by atoms with Gasteiger partial charge in [-0.25, -0.2) is 8.78 Å². The summed E-state index contributed by atoms with van der Waals surface area (Å²) >= 11 is 0. The van der Waals surface area contributed by atoms with Crippen LogP contribution in [-0.4, -0.2) is 34.2 Å². The van der Waals surface area contributed by atoms with Gasteiger partial charge in [-0.05, 0) is 62.8 Å². The SMILES string of the molecule is CCn1nc(C)c2c1CCCN([C@@H](C(=O)NC)c1ccccc1)C2CCc1cc(F)c(C(F)(F)F)c(F)c1. The Bertz CT molecular complexity index is 1270. The van der Waals surface area contributed by atoms with Crippen LogP contribution in [0.2, 0.25) is 0 Å². The van der Waals surface area contributed by atoms with E-state index < -0.39 is 29.4 Å². The van der Waals surface area contributed by atoms with E-state index in [9.17, 15) is 26.7 Å². The largest absolute Gasteiger partial charge is 0.422 e. The van der Waals surface area contributed by atoms with Crippen molar-refractivity contribution in [1.82, 2.24) is 20.0 Å². The van der Waals surface area contributed by atoms with Crippen LogP contribution in [0.1, 0.15) is 65.5 Å². The predicted octanol–water partition coefficient (Wildman–Crippen LogP) is 5.92. The van der Waals surface area contributed by atoms with Gasteiger partial charge < -0.3 is 5.32 Å². The molecule has 0 saturated heterocycles. The first-order valence-electron chi connectivity index (χ1n) is 12.7. The maximum atomic E-state index is 14.3. The maximum Gasteiger partial charge on any atom is 0.422 e. The van der Waals surface area contributed by atoms with E-state index in [-0.39, 0.29) is 23.9 Å². The van der Waals surface area contributed by atoms with Gasteiger partial charge >= 0.3 is 6.18 Å². The molecule has 4 rings (SSSR count). The molecular weight excluding hydrogens is 503 g/mol. The zero-order chi connectivity index (χ0) is 27.6. The highest BCUT2D eigenvalue weighted by atomic mass is 19.4. The zero-order valence-electron chi connectivity index (χ0n) is 21.6. The number of rotatable bonds is 7. The summed E-state index contributed by atoms with van der Waals surface area (Å²) < 4.78 is 69.9. The Balaban J connectivity index is 1.78. The van der Waals surface area contributed by atoms with Gasteiger partial charge in [0.25, 0.3) is 0 Å². The fourth-order valence-electron chi connectivity index (χ4n) is 5.58. The van der Waals surface area contributed by atoms with Crippen LogP contribution in [-0.2, 0) is 30.4 Å². The van der Waals surface area contributed by atoms with Crippen LogP contribution in [0.4, 0.5) is 22.0 Å². The third kappa shape index (κ3) is 5.45. The lowest BCUT2D eigenvalue weighted by molar-refractivity contribution is -0.142. The molecular formula is C28H31F5N4O. The first-order valence-corrected chi connectivity index (χ1v) is 12.7. The first kappa shape index (κ1) is 27.8. The smallest absolute Gasteiger partial charge is 0.358 e. The topological polar surface area (TPSA) is 50.2 Å². The van der Waals surface area contributed by atoms with Crippen molar-refractivity contribution in [2.45, 2.75) is 64.3 Å². The summed E-state index contributed by atoms with van der Waals surface area (Å²) in [4.78, 5) is 15.3. The standard InChI is InChI=1S/C28H31F5N4O/c1-4-37-23-11-8-14-36(26(27(38)34-3)19-9-6-5-7-10-19)22(24(23)17(2)35-37)13-12-18-15-20(29)25(21(30)16-18)28(31,32)33/h5-7,9-10,15-16,22,26H,4,8,11-14H2,1-3H3,(H,34,38)/t22?,26-/m1/s1. The minimum atomic E-state index is -5.12. The van der Waals surface area contributed by atoms with Crippen LogP contribution >= 0.6 is 0 Å². The molecule has 2 atom stereocenters. The molecule has 0 saturated carbocycles. The number of amides is 1. The van der Waals surface area contributed by atoms with Crippen molar-refractivity contribution >= 4 is 5.91 Å². The Hall–Kier alpha value is -3.27. The van der Waals surface area contributed by atoms with E-state index in [1.807, 2.05) is 48.9 Å². The van der Waals surface area contributed by atoms with Crippen LogP contribution in [0.3, 0.4) is 0 Å². The molecule has 2 aromatic carbocycles. The van der Waals surface area contributed by atoms with Gasteiger partial charge in [-0.1, -0.05) is 30.3 Å². The summed E-state index contributed by atoms with van der Waals surface area (Å²) in [5, 5.41) is 7.46. The number of aryl methyl sites for hydroxylation is 3. The van der Waals surface area contributed by atoms with Crippen molar-refractivity contribution in [3.05, 3.63) is 87.7 Å². The third-order valence-corrected chi connectivity index (χ3v) is 7.18. The minimum Gasteiger partial charge on any atom is -0.358 e. The number of fused-ring (bicyclic) bond motifs is 1. The molecule has 10 heteroatoms. The quantitative estimate of drug-likeness (QED) is 0.383. The summed E-state index contributed by atoms with van der Waals surface area (Å²) in [6, 6.07) is 9.86. The number of likely N-dealkylation sites (N-methyl/N-ethyl adjacent to an activating group) is 1. The Morgan fingerprint density at radius 2 is 1.82 bits per heavy atom. The number of nitrogens with zero attached hydrogens (tertiary/aromatic N) is 3. The molecule has 204 valence electrons. The third-order valence-electron chi connectivity index (χ3n) is 7.18. The second-order valence-corrected chi connectivity index (χ2v) is 9.52. The molecule has 1 unspecified atom stereocenters. The van der Waals surface area contributed by atoms with E-state index >= 15 is 0 Å². The van der Waals surface area contributed by atoms with Gasteiger partial charge in [0, 0.05) is 37.4 Å². The van der Waals surface area contributed by atoms with Crippen molar-refractivity contribution in [3.63, 3.8) is 0 Å². The summed E-state index contributed by atoms with van der Waals surface area (Å²) in [6.45, 7) is 5.13. The molecule has 1 N–H and O–H groups in total. The van der Waals surface area contributed by atoms with Gasteiger partial charge in [0.1, 0.15) is 23.2 Å². The number of benzene rings is 2. The van der Waals surface area contributed by atoms with Gasteiger partial charge in [-0.3, -0.25) is 14.4 Å². The normalized spacial score (nSPS) is 17.1. The Morgan fingerprint density at radius 3 is 2.39 bits per heavy atom. The minimum absolute atomic E-state index is 0.110. The molecule has 3 aromatic rings. The second kappa shape index (κ2) is 11.2. The number of hydrogen-bond donors (Lipinski definition) is 1. The summed E-state index contributed by atoms with van der Waals surface area (Å²) in [5.41, 5.74) is 1.84. The average molecular weight is 535 g/mol. The highest BCUT2D eigenvalue weighted by molar-refractivity contribution is 5.83. The number of carbonyl (C=O) groups excluding carboxylic acids is 1. The average Bonchev–Trinajstić information content (AvgIpc) is 3.06. The number of alkyl halides is 3. The van der Waals surface area contributed by atoms with E-state index in [1.165, 1.54) is 0 Å². The van der Waals surface area contributed by atoms with Crippen molar-refractivity contribution in [2.24, 2.45) is 0 Å². The summed E-state index contributed by atoms with van der Waals surface area (Å²) in [5.74, 6) is -3.46. The number of hydrogen-bond acceptors (Lipinski definition) is 3. The van der Waals surface area contributed by atoms with Gasteiger partial charge in [-0.15, -0.1) is 0 Å². The van der Waals surface area contributed by atoms with Gasteiger partial charge in [0.05, 0.1) is 5.69 Å². The van der Waals surface area contributed by atoms with E-state index in [0.29, 0.717) is 19.5 Å².